The molecule has 2 heterocycles. The summed E-state index contributed by atoms with van der Waals surface area (Å²) >= 11 is 0. The van der Waals surface area contributed by atoms with Crippen molar-refractivity contribution in [3.8, 4) is 0 Å². The maximum absolute atomic E-state index is 13.2. The van der Waals surface area contributed by atoms with Crippen LogP contribution in [0.15, 0.2) is 24.3 Å². The second kappa shape index (κ2) is 6.82. The molecule has 1 unspecified atom stereocenters. The summed E-state index contributed by atoms with van der Waals surface area (Å²) in [6.45, 7) is 3.46. The summed E-state index contributed by atoms with van der Waals surface area (Å²) in [5.41, 5.74) is 2.02. The molecule has 0 bridgehead atoms. The molecule has 0 radical (unpaired) electrons. The molecule has 2 aliphatic heterocycles. The number of carbonyl (C=O) groups excluding carboxylic acids is 1. The van der Waals surface area contributed by atoms with Crippen LogP contribution >= 0.6 is 0 Å². The number of amides is 1. The molecular formula is C17H25N3O3S. The topological polar surface area (TPSA) is 69.7 Å². The summed E-state index contributed by atoms with van der Waals surface area (Å²) in [7, 11) is -2.10. The van der Waals surface area contributed by atoms with Crippen LogP contribution in [0.25, 0.3) is 0 Å². The Morgan fingerprint density at radius 1 is 1.17 bits per heavy atom. The first-order chi connectivity index (χ1) is 11.4. The summed E-state index contributed by atoms with van der Waals surface area (Å²) in [6.07, 6.45) is 2.15. The minimum Gasteiger partial charge on any atom is -0.358 e. The van der Waals surface area contributed by atoms with E-state index < -0.39 is 16.3 Å². The van der Waals surface area contributed by atoms with Crippen molar-refractivity contribution < 1.29 is 13.2 Å². The van der Waals surface area contributed by atoms with Crippen LogP contribution in [0.3, 0.4) is 0 Å². The van der Waals surface area contributed by atoms with Crippen molar-refractivity contribution in [2.75, 3.05) is 20.1 Å². The van der Waals surface area contributed by atoms with Crippen LogP contribution in [0.5, 0.6) is 0 Å². The lowest BCUT2D eigenvalue weighted by molar-refractivity contribution is -0.124. The van der Waals surface area contributed by atoms with Gasteiger partial charge in [-0.25, -0.2) is 0 Å². The number of benzene rings is 1. The number of nitrogens with one attached hydrogen (secondary N) is 1. The molecule has 1 amide bonds. The smallest absolute Gasteiger partial charge is 0.283 e. The largest absolute Gasteiger partial charge is 0.358 e. The number of hydrogen-bond donors (Lipinski definition) is 1. The Morgan fingerprint density at radius 2 is 1.79 bits per heavy atom. The van der Waals surface area contributed by atoms with Gasteiger partial charge in [0.1, 0.15) is 6.04 Å². The summed E-state index contributed by atoms with van der Waals surface area (Å²) in [5.74, 6) is 0.298. The highest BCUT2D eigenvalue weighted by molar-refractivity contribution is 7.86. The first-order valence-corrected chi connectivity index (χ1v) is 9.88. The monoisotopic (exact) mass is 351 g/mol. The number of piperidine rings is 1. The van der Waals surface area contributed by atoms with Gasteiger partial charge in [-0.15, -0.1) is 0 Å². The zero-order chi connectivity index (χ0) is 17.3. The van der Waals surface area contributed by atoms with Crippen LogP contribution in [0.4, 0.5) is 0 Å². The molecule has 1 saturated heterocycles. The zero-order valence-electron chi connectivity index (χ0n) is 14.2. The normalized spacial score (nSPS) is 23.7. The van der Waals surface area contributed by atoms with Gasteiger partial charge in [0.25, 0.3) is 10.2 Å². The standard InChI is InChI=1S/C17H25N3O3S/c1-13-7-9-19(10-8-13)24(22,23)20-12-15-6-4-3-5-14(15)11-16(20)17(21)18-2/h3-6,13,16H,7-12H2,1-2H3,(H,18,21). The summed E-state index contributed by atoms with van der Waals surface area (Å²) in [5, 5.41) is 2.61. The molecule has 1 fully saturated rings. The quantitative estimate of drug-likeness (QED) is 0.888. The molecule has 1 aromatic carbocycles. The number of carbonyl (C=O) groups is 1. The van der Waals surface area contributed by atoms with Crippen molar-refractivity contribution in [1.29, 1.82) is 0 Å². The van der Waals surface area contributed by atoms with E-state index in [-0.39, 0.29) is 12.5 Å². The minimum absolute atomic E-state index is 0.251. The lowest BCUT2D eigenvalue weighted by Crippen LogP contribution is -2.56. The van der Waals surface area contributed by atoms with Crippen LogP contribution in [0.1, 0.15) is 30.9 Å². The summed E-state index contributed by atoms with van der Waals surface area (Å²) < 4.78 is 29.2. The molecule has 7 heteroatoms. The van der Waals surface area contributed by atoms with Crippen LogP contribution < -0.4 is 5.32 Å². The predicted molar refractivity (Wildman–Crippen MR) is 92.4 cm³/mol. The second-order valence-electron chi connectivity index (χ2n) is 6.74. The molecule has 1 atom stereocenters. The van der Waals surface area contributed by atoms with Gasteiger partial charge in [-0.2, -0.15) is 17.0 Å². The minimum atomic E-state index is -3.65. The molecule has 0 aliphatic carbocycles. The Morgan fingerprint density at radius 3 is 2.42 bits per heavy atom. The van der Waals surface area contributed by atoms with Gasteiger partial charge < -0.3 is 5.32 Å². The second-order valence-corrected chi connectivity index (χ2v) is 8.62. The Kier molecular flexibility index (Phi) is 4.94. The van der Waals surface area contributed by atoms with Gasteiger partial charge >= 0.3 is 0 Å². The summed E-state index contributed by atoms with van der Waals surface area (Å²) in [6, 6.07) is 7.06. The molecule has 0 saturated carbocycles. The van der Waals surface area contributed by atoms with Crippen molar-refractivity contribution in [2.24, 2.45) is 5.92 Å². The predicted octanol–water partition coefficient (Wildman–Crippen LogP) is 1.14. The van der Waals surface area contributed by atoms with E-state index in [1.807, 2.05) is 24.3 Å². The van der Waals surface area contributed by atoms with Crippen molar-refractivity contribution in [3.63, 3.8) is 0 Å². The van der Waals surface area contributed by atoms with E-state index in [0.29, 0.717) is 25.4 Å². The third-order valence-corrected chi connectivity index (χ3v) is 7.11. The Balaban J connectivity index is 1.92. The number of nitrogens with zero attached hydrogens (tertiary/aromatic N) is 2. The van der Waals surface area contributed by atoms with Gasteiger partial charge in [0.05, 0.1) is 0 Å². The molecule has 0 spiro atoms. The highest BCUT2D eigenvalue weighted by Crippen LogP contribution is 2.29. The van der Waals surface area contributed by atoms with E-state index in [1.54, 1.807) is 7.05 Å². The Labute approximate surface area is 144 Å². The van der Waals surface area contributed by atoms with Crippen LogP contribution in [0, 0.1) is 5.92 Å². The third-order valence-electron chi connectivity index (χ3n) is 5.12. The highest BCUT2D eigenvalue weighted by atomic mass is 32.2. The average Bonchev–Trinajstić information content (AvgIpc) is 2.60. The van der Waals surface area contributed by atoms with E-state index in [0.717, 1.165) is 24.0 Å². The first kappa shape index (κ1) is 17.4. The fraction of sp³-hybridized carbons (Fsp3) is 0.588. The highest BCUT2D eigenvalue weighted by Gasteiger charge is 2.41. The van der Waals surface area contributed by atoms with Crippen molar-refractivity contribution in [3.05, 3.63) is 35.4 Å². The lowest BCUT2D eigenvalue weighted by atomic mass is 9.95. The number of fused-ring (bicyclic) bond motifs is 1. The first-order valence-electron chi connectivity index (χ1n) is 8.48. The SMILES string of the molecule is CNC(=O)C1Cc2ccccc2CN1S(=O)(=O)N1CCC(C)CC1. The van der Waals surface area contributed by atoms with Gasteiger partial charge in [-0.1, -0.05) is 31.2 Å². The van der Waals surface area contributed by atoms with Gasteiger partial charge in [0.2, 0.25) is 5.91 Å². The van der Waals surface area contributed by atoms with Gasteiger partial charge in [0, 0.05) is 26.7 Å². The van der Waals surface area contributed by atoms with Crippen LogP contribution in [0.2, 0.25) is 0 Å². The fourth-order valence-corrected chi connectivity index (χ4v) is 5.26. The number of hydrogen-bond acceptors (Lipinski definition) is 3. The maximum atomic E-state index is 13.2. The number of likely N-dealkylation sites (N-methyl/N-ethyl adjacent to an activating group) is 1. The van der Waals surface area contributed by atoms with E-state index in [1.165, 1.54) is 8.61 Å². The lowest BCUT2D eigenvalue weighted by Gasteiger charge is -2.39. The Hall–Kier alpha value is -1.44. The van der Waals surface area contributed by atoms with E-state index in [2.05, 4.69) is 12.2 Å². The molecule has 132 valence electrons. The fourth-order valence-electron chi connectivity index (χ4n) is 3.50. The average molecular weight is 351 g/mol. The van der Waals surface area contributed by atoms with E-state index >= 15 is 0 Å². The van der Waals surface area contributed by atoms with Crippen LogP contribution in [-0.2, 0) is 28.0 Å². The Bertz CT molecular complexity index is 712. The van der Waals surface area contributed by atoms with Crippen LogP contribution in [-0.4, -0.2) is 49.1 Å². The molecule has 6 nitrogen and oxygen atoms in total. The molecule has 0 aromatic heterocycles. The van der Waals surface area contributed by atoms with E-state index in [4.69, 9.17) is 0 Å². The van der Waals surface area contributed by atoms with E-state index in [9.17, 15) is 13.2 Å². The van der Waals surface area contributed by atoms with Crippen molar-refractivity contribution in [1.82, 2.24) is 13.9 Å². The molecule has 2 aliphatic rings. The zero-order valence-corrected chi connectivity index (χ0v) is 15.1. The molecule has 24 heavy (non-hydrogen) atoms. The summed E-state index contributed by atoms with van der Waals surface area (Å²) in [4.78, 5) is 12.3. The molecule has 1 aromatic rings. The van der Waals surface area contributed by atoms with Gasteiger partial charge in [-0.05, 0) is 36.3 Å². The third kappa shape index (κ3) is 3.20. The maximum Gasteiger partial charge on any atom is 0.283 e. The molecular weight excluding hydrogens is 326 g/mol. The van der Waals surface area contributed by atoms with Crippen molar-refractivity contribution in [2.45, 2.75) is 38.8 Å². The van der Waals surface area contributed by atoms with Crippen molar-refractivity contribution >= 4 is 16.1 Å². The molecule has 3 rings (SSSR count). The van der Waals surface area contributed by atoms with Gasteiger partial charge in [-0.3, -0.25) is 4.79 Å². The number of rotatable bonds is 3. The van der Waals surface area contributed by atoms with Gasteiger partial charge in [0.15, 0.2) is 0 Å². The molecule has 1 N–H and O–H groups in total.